The number of fused-ring (bicyclic) bond motifs is 1. The Morgan fingerprint density at radius 1 is 1.31 bits per heavy atom. The van der Waals surface area contributed by atoms with Crippen molar-refractivity contribution < 1.29 is 14.6 Å². The summed E-state index contributed by atoms with van der Waals surface area (Å²) in [5, 5.41) is 10.5. The summed E-state index contributed by atoms with van der Waals surface area (Å²) in [6.45, 7) is 0.515. The summed E-state index contributed by atoms with van der Waals surface area (Å²) in [7, 11) is 1.55. The molecule has 0 saturated carbocycles. The van der Waals surface area contributed by atoms with Crippen molar-refractivity contribution in [3.8, 4) is 5.75 Å². The first-order valence-corrected chi connectivity index (χ1v) is 5.17. The largest absolute Gasteiger partial charge is 0.490 e. The molecule has 0 aliphatic heterocycles. The molecular weight excluding hydrogens is 206 g/mol. The van der Waals surface area contributed by atoms with Gasteiger partial charge in [0.15, 0.2) is 0 Å². The van der Waals surface area contributed by atoms with Gasteiger partial charge < -0.3 is 19.6 Å². The Morgan fingerprint density at radius 3 is 3.00 bits per heavy atom. The van der Waals surface area contributed by atoms with E-state index >= 15 is 0 Å². The molecule has 0 fully saturated rings. The third-order valence-corrected chi connectivity index (χ3v) is 2.35. The molecule has 4 nitrogen and oxygen atoms in total. The first kappa shape index (κ1) is 11.0. The molecule has 86 valence electrons. The van der Waals surface area contributed by atoms with Gasteiger partial charge in [0.1, 0.15) is 18.5 Å². The molecule has 1 aromatic carbocycles. The molecule has 1 heterocycles. The number of aliphatic hydroxyl groups excluding tert-OH is 1. The molecule has 1 atom stereocenters. The zero-order chi connectivity index (χ0) is 11.4. The van der Waals surface area contributed by atoms with Crippen LogP contribution in [0.5, 0.6) is 5.75 Å². The highest BCUT2D eigenvalue weighted by Crippen LogP contribution is 2.24. The van der Waals surface area contributed by atoms with Crippen LogP contribution in [0.4, 0.5) is 0 Å². The van der Waals surface area contributed by atoms with Gasteiger partial charge in [-0.3, -0.25) is 0 Å². The Bertz CT molecular complexity index is 452. The van der Waals surface area contributed by atoms with E-state index < -0.39 is 6.10 Å². The van der Waals surface area contributed by atoms with E-state index in [1.165, 1.54) is 0 Å². The minimum Gasteiger partial charge on any atom is -0.490 e. The molecule has 0 aliphatic rings. The van der Waals surface area contributed by atoms with E-state index in [1.54, 1.807) is 7.11 Å². The molecule has 0 saturated heterocycles. The number of hydrogen-bond donors (Lipinski definition) is 2. The van der Waals surface area contributed by atoms with Gasteiger partial charge in [-0.2, -0.15) is 0 Å². The molecule has 16 heavy (non-hydrogen) atoms. The van der Waals surface area contributed by atoms with Crippen molar-refractivity contribution in [3.05, 3.63) is 30.5 Å². The third kappa shape index (κ3) is 2.35. The van der Waals surface area contributed by atoms with Gasteiger partial charge in [-0.15, -0.1) is 0 Å². The number of H-pyrrole nitrogens is 1. The molecule has 0 bridgehead atoms. The summed E-state index contributed by atoms with van der Waals surface area (Å²) >= 11 is 0. The van der Waals surface area contributed by atoms with Crippen LogP contribution in [0.2, 0.25) is 0 Å². The van der Waals surface area contributed by atoms with E-state index in [0.717, 1.165) is 16.7 Å². The molecule has 0 unspecified atom stereocenters. The summed E-state index contributed by atoms with van der Waals surface area (Å²) in [6.07, 6.45) is 1.27. The topological polar surface area (TPSA) is 54.5 Å². The van der Waals surface area contributed by atoms with E-state index in [4.69, 9.17) is 9.47 Å². The number of ether oxygens (including phenoxy) is 2. The van der Waals surface area contributed by atoms with Gasteiger partial charge in [0.25, 0.3) is 0 Å². The Labute approximate surface area is 93.8 Å². The van der Waals surface area contributed by atoms with Crippen LogP contribution < -0.4 is 4.74 Å². The van der Waals surface area contributed by atoms with Gasteiger partial charge in [-0.05, 0) is 18.2 Å². The van der Waals surface area contributed by atoms with Crippen LogP contribution in [0, 0.1) is 0 Å². The number of hydrogen-bond acceptors (Lipinski definition) is 3. The molecule has 0 radical (unpaired) electrons. The average molecular weight is 221 g/mol. The number of aromatic nitrogens is 1. The highest BCUT2D eigenvalue weighted by atomic mass is 16.5. The first-order valence-electron chi connectivity index (χ1n) is 5.17. The van der Waals surface area contributed by atoms with Crippen LogP contribution in [0.15, 0.2) is 30.5 Å². The maximum Gasteiger partial charge on any atom is 0.128 e. The molecule has 0 amide bonds. The molecule has 2 N–H and O–H groups in total. The lowest BCUT2D eigenvalue weighted by Crippen LogP contribution is -2.22. The van der Waals surface area contributed by atoms with Gasteiger partial charge in [0.05, 0.1) is 6.61 Å². The fourth-order valence-corrected chi connectivity index (χ4v) is 1.61. The molecule has 1 aromatic heterocycles. The smallest absolute Gasteiger partial charge is 0.128 e. The number of benzene rings is 1. The molecule has 0 spiro atoms. The fraction of sp³-hybridized carbons (Fsp3) is 0.333. The Balaban J connectivity index is 2.06. The lowest BCUT2D eigenvalue weighted by atomic mass is 10.2. The van der Waals surface area contributed by atoms with Crippen LogP contribution in [0.3, 0.4) is 0 Å². The molecular formula is C12H15NO3. The van der Waals surface area contributed by atoms with Crippen LogP contribution >= 0.6 is 0 Å². The van der Waals surface area contributed by atoms with Crippen molar-refractivity contribution in [1.82, 2.24) is 4.98 Å². The molecule has 2 aromatic rings. The number of aromatic amines is 1. The van der Waals surface area contributed by atoms with Crippen molar-refractivity contribution in [1.29, 1.82) is 0 Å². The summed E-state index contributed by atoms with van der Waals surface area (Å²) in [6, 6.07) is 7.73. The van der Waals surface area contributed by atoms with Crippen LogP contribution in [-0.2, 0) is 4.74 Å². The average Bonchev–Trinajstić information content (AvgIpc) is 2.75. The van der Waals surface area contributed by atoms with Crippen molar-refractivity contribution in [2.24, 2.45) is 0 Å². The maximum absolute atomic E-state index is 9.48. The minimum absolute atomic E-state index is 0.234. The number of methoxy groups -OCH3 is 1. The van der Waals surface area contributed by atoms with Gasteiger partial charge in [-0.25, -0.2) is 0 Å². The Hall–Kier alpha value is -1.52. The summed E-state index contributed by atoms with van der Waals surface area (Å²) in [5.41, 5.74) is 1.03. The highest BCUT2D eigenvalue weighted by molar-refractivity contribution is 5.85. The van der Waals surface area contributed by atoms with E-state index in [-0.39, 0.29) is 13.2 Å². The highest BCUT2D eigenvalue weighted by Gasteiger charge is 2.07. The first-order chi connectivity index (χ1) is 7.81. The quantitative estimate of drug-likeness (QED) is 0.805. The summed E-state index contributed by atoms with van der Waals surface area (Å²) < 4.78 is 10.4. The monoisotopic (exact) mass is 221 g/mol. The normalized spacial score (nSPS) is 12.9. The maximum atomic E-state index is 9.48. The summed E-state index contributed by atoms with van der Waals surface area (Å²) in [5.74, 6) is 0.772. The number of aliphatic hydroxyl groups is 1. The second kappa shape index (κ2) is 5.01. The number of nitrogens with one attached hydrogen (secondary N) is 1. The predicted molar refractivity (Wildman–Crippen MR) is 61.7 cm³/mol. The van der Waals surface area contributed by atoms with Gasteiger partial charge in [-0.1, -0.05) is 6.07 Å². The standard InChI is InChI=1S/C12H15NO3/c1-15-7-9(14)8-16-12-4-2-3-11-10(12)5-6-13-11/h2-6,9,13-14H,7-8H2,1H3/t9-/m0/s1. The van der Waals surface area contributed by atoms with Crippen LogP contribution in [0.25, 0.3) is 10.9 Å². The number of rotatable bonds is 5. The second-order valence-electron chi connectivity index (χ2n) is 3.62. The van der Waals surface area contributed by atoms with Crippen LogP contribution in [-0.4, -0.2) is 36.5 Å². The third-order valence-electron chi connectivity index (χ3n) is 2.35. The molecule has 2 rings (SSSR count). The van der Waals surface area contributed by atoms with E-state index in [9.17, 15) is 5.11 Å². The van der Waals surface area contributed by atoms with Crippen molar-refractivity contribution in [2.75, 3.05) is 20.3 Å². The van der Waals surface area contributed by atoms with Gasteiger partial charge in [0, 0.05) is 24.2 Å². The lowest BCUT2D eigenvalue weighted by Gasteiger charge is -2.11. The van der Waals surface area contributed by atoms with Gasteiger partial charge >= 0.3 is 0 Å². The van der Waals surface area contributed by atoms with Crippen molar-refractivity contribution >= 4 is 10.9 Å². The van der Waals surface area contributed by atoms with Crippen LogP contribution in [0.1, 0.15) is 0 Å². The minimum atomic E-state index is -0.598. The SMILES string of the molecule is COC[C@H](O)COc1cccc2[nH]ccc12. The Morgan fingerprint density at radius 2 is 2.19 bits per heavy atom. The van der Waals surface area contributed by atoms with Gasteiger partial charge in [0.2, 0.25) is 0 Å². The zero-order valence-corrected chi connectivity index (χ0v) is 9.14. The lowest BCUT2D eigenvalue weighted by molar-refractivity contribution is 0.0329. The predicted octanol–water partition coefficient (Wildman–Crippen LogP) is 1.55. The van der Waals surface area contributed by atoms with Crippen molar-refractivity contribution in [2.45, 2.75) is 6.10 Å². The summed E-state index contributed by atoms with van der Waals surface area (Å²) in [4.78, 5) is 3.11. The van der Waals surface area contributed by atoms with E-state index in [1.807, 2.05) is 30.5 Å². The molecule has 4 heteroatoms. The fourth-order valence-electron chi connectivity index (χ4n) is 1.61. The zero-order valence-electron chi connectivity index (χ0n) is 9.14. The van der Waals surface area contributed by atoms with E-state index in [2.05, 4.69) is 4.98 Å². The van der Waals surface area contributed by atoms with Crippen molar-refractivity contribution in [3.63, 3.8) is 0 Å². The Kier molecular flexibility index (Phi) is 3.44. The van der Waals surface area contributed by atoms with E-state index in [0.29, 0.717) is 0 Å². The second-order valence-corrected chi connectivity index (χ2v) is 3.62. The molecule has 0 aliphatic carbocycles.